The summed E-state index contributed by atoms with van der Waals surface area (Å²) < 4.78 is 44.3. The zero-order valence-corrected chi connectivity index (χ0v) is 17.0. The van der Waals surface area contributed by atoms with E-state index in [1.54, 1.807) is 25.6 Å². The van der Waals surface area contributed by atoms with Gasteiger partial charge in [-0.05, 0) is 25.1 Å². The number of hydrogen-bond acceptors (Lipinski definition) is 9. The first-order valence-electron chi connectivity index (χ1n) is 9.04. The number of hydrogen-bond donors (Lipinski definition) is 2. The van der Waals surface area contributed by atoms with E-state index in [-0.39, 0.29) is 23.0 Å². The maximum atomic E-state index is 14.5. The van der Waals surface area contributed by atoms with Crippen LogP contribution in [0.4, 0.5) is 16.0 Å². The Morgan fingerprint density at radius 2 is 2.03 bits per heavy atom. The highest BCUT2D eigenvalue weighted by molar-refractivity contribution is 7.92. The average Bonchev–Trinajstić information content (AvgIpc) is 2.72. The summed E-state index contributed by atoms with van der Waals surface area (Å²) in [6, 6.07) is 4.06. The van der Waals surface area contributed by atoms with Gasteiger partial charge < -0.3 is 15.8 Å². The topological polar surface area (TPSA) is 132 Å². The van der Waals surface area contributed by atoms with Crippen molar-refractivity contribution in [2.24, 2.45) is 10.7 Å². The Morgan fingerprint density at radius 3 is 2.77 bits per heavy atom. The Kier molecular flexibility index (Phi) is 4.98. The molecule has 0 saturated carbocycles. The zero-order valence-electron chi connectivity index (χ0n) is 16.2. The normalized spacial score (nSPS) is 20.6. The van der Waals surface area contributed by atoms with Crippen LogP contribution in [0.15, 0.2) is 41.8 Å². The largest absolute Gasteiger partial charge is 0.495 e. The summed E-state index contributed by atoms with van der Waals surface area (Å²) in [7, 11) is -1.98. The molecule has 0 aliphatic carbocycles. The first-order valence-corrected chi connectivity index (χ1v) is 10.8. The van der Waals surface area contributed by atoms with Crippen molar-refractivity contribution in [2.75, 3.05) is 18.2 Å². The highest BCUT2D eigenvalue weighted by atomic mass is 32.2. The zero-order chi connectivity index (χ0) is 21.5. The molecule has 156 valence electrons. The van der Waals surface area contributed by atoms with E-state index in [0.29, 0.717) is 17.1 Å². The van der Waals surface area contributed by atoms with E-state index in [9.17, 15) is 12.8 Å². The summed E-state index contributed by atoms with van der Waals surface area (Å²) in [5.41, 5.74) is 6.42. The number of rotatable bonds is 4. The maximum absolute atomic E-state index is 14.5. The third-order valence-corrected chi connectivity index (χ3v) is 7.05. The number of aliphatic imine (C=N–C) groups is 1. The van der Waals surface area contributed by atoms with Gasteiger partial charge >= 0.3 is 0 Å². The van der Waals surface area contributed by atoms with E-state index in [0.717, 1.165) is 11.6 Å². The molecule has 3 aromatic heterocycles. The number of amidine groups is 1. The number of methoxy groups -OCH3 is 1. The van der Waals surface area contributed by atoms with E-state index < -0.39 is 26.9 Å². The number of nitrogens with one attached hydrogen (secondary N) is 1. The second-order valence-electron chi connectivity index (χ2n) is 6.86. The Labute approximate surface area is 172 Å². The lowest BCUT2D eigenvalue weighted by atomic mass is 10.1. The third-order valence-electron chi connectivity index (χ3n) is 4.95. The molecule has 0 spiro atoms. The number of nitrogens with two attached hydrogens (primary N) is 1. The van der Waals surface area contributed by atoms with Crippen molar-refractivity contribution in [1.82, 2.24) is 15.0 Å². The molecule has 2 atom stereocenters. The van der Waals surface area contributed by atoms with Gasteiger partial charge in [-0.1, -0.05) is 0 Å². The number of pyridine rings is 3. The van der Waals surface area contributed by atoms with Gasteiger partial charge in [0.25, 0.3) is 0 Å². The van der Waals surface area contributed by atoms with Crippen LogP contribution < -0.4 is 15.8 Å². The predicted molar refractivity (Wildman–Crippen MR) is 111 cm³/mol. The highest BCUT2D eigenvalue weighted by Crippen LogP contribution is 2.30. The van der Waals surface area contributed by atoms with Crippen LogP contribution >= 0.6 is 0 Å². The molecule has 4 rings (SSSR count). The van der Waals surface area contributed by atoms with Crippen LogP contribution in [-0.2, 0) is 9.84 Å². The molecule has 0 fully saturated rings. The Bertz CT molecular complexity index is 1260. The Hall–Kier alpha value is -3.34. The molecular weight excluding hydrogens is 411 g/mol. The summed E-state index contributed by atoms with van der Waals surface area (Å²) in [6.45, 7) is 1.47. The van der Waals surface area contributed by atoms with Gasteiger partial charge in [0.1, 0.15) is 34.0 Å². The van der Waals surface area contributed by atoms with Crippen LogP contribution in [0, 0.1) is 5.82 Å². The van der Waals surface area contributed by atoms with Crippen LogP contribution in [0.25, 0.3) is 10.9 Å². The minimum absolute atomic E-state index is 0.0363. The number of nitrogens with zero attached hydrogens (tertiary/aromatic N) is 4. The molecule has 9 nitrogen and oxygen atoms in total. The Balaban J connectivity index is 1.71. The van der Waals surface area contributed by atoms with Crippen LogP contribution in [-0.4, -0.2) is 47.3 Å². The SMILES string of the molecule is COc1cnc2c(Nc3cc([C@@H]4CS(=O)(=O)[C@H](C)C(N)=N4)c(F)cn3)nccc2c1. The standard InChI is InChI=1S/C19H19FN6O3S/c1-10-18(21)25-15(9-30(10,27)28)13-6-16(23-8-14(13)20)26-19-17-11(3-4-22-19)5-12(29-2)7-24-17/h3-8,10,15H,9H2,1-2H3,(H2,21,25)(H,22,23,26)/t10-,15+/m1/s1. The lowest BCUT2D eigenvalue weighted by Crippen LogP contribution is -2.40. The van der Waals surface area contributed by atoms with Crippen molar-refractivity contribution >= 4 is 38.2 Å². The van der Waals surface area contributed by atoms with Gasteiger partial charge in [-0.25, -0.2) is 27.8 Å². The van der Waals surface area contributed by atoms with Crippen molar-refractivity contribution in [3.63, 3.8) is 0 Å². The number of fused-ring (bicyclic) bond motifs is 1. The molecule has 1 aliphatic heterocycles. The fourth-order valence-electron chi connectivity index (χ4n) is 3.17. The van der Waals surface area contributed by atoms with Gasteiger partial charge in [-0.3, -0.25) is 4.99 Å². The molecule has 1 aliphatic rings. The van der Waals surface area contributed by atoms with Crippen LogP contribution in [0.3, 0.4) is 0 Å². The van der Waals surface area contributed by atoms with E-state index in [4.69, 9.17) is 10.5 Å². The molecule has 0 amide bonds. The lowest BCUT2D eigenvalue weighted by molar-refractivity contribution is 0.414. The summed E-state index contributed by atoms with van der Waals surface area (Å²) in [5.74, 6) is 0.252. The molecule has 0 unspecified atom stereocenters. The summed E-state index contributed by atoms with van der Waals surface area (Å²) in [5, 5.41) is 2.91. The van der Waals surface area contributed by atoms with Gasteiger partial charge in [0.05, 0.1) is 31.3 Å². The van der Waals surface area contributed by atoms with Crippen molar-refractivity contribution in [3.8, 4) is 5.75 Å². The van der Waals surface area contributed by atoms with Gasteiger partial charge in [-0.15, -0.1) is 0 Å². The van der Waals surface area contributed by atoms with Crippen molar-refractivity contribution < 1.29 is 17.5 Å². The molecule has 4 heterocycles. The van der Waals surface area contributed by atoms with Crippen LogP contribution in [0.1, 0.15) is 18.5 Å². The number of halogens is 1. The molecule has 0 aromatic carbocycles. The van der Waals surface area contributed by atoms with Crippen LogP contribution in [0.2, 0.25) is 0 Å². The van der Waals surface area contributed by atoms with Crippen molar-refractivity contribution in [1.29, 1.82) is 0 Å². The third kappa shape index (κ3) is 3.63. The summed E-state index contributed by atoms with van der Waals surface area (Å²) in [4.78, 5) is 16.8. The fourth-order valence-corrected chi connectivity index (χ4v) is 4.58. The van der Waals surface area contributed by atoms with E-state index in [2.05, 4.69) is 25.3 Å². The molecule has 0 radical (unpaired) electrons. The number of aromatic nitrogens is 3. The number of ether oxygens (including phenoxy) is 1. The number of anilines is 2. The molecular formula is C19H19FN6O3S. The second kappa shape index (κ2) is 7.48. The minimum atomic E-state index is -3.53. The first-order chi connectivity index (χ1) is 14.3. The van der Waals surface area contributed by atoms with Gasteiger partial charge in [0.15, 0.2) is 15.7 Å². The highest BCUT2D eigenvalue weighted by Gasteiger charge is 2.35. The second-order valence-corrected chi connectivity index (χ2v) is 9.23. The molecule has 3 aromatic rings. The lowest BCUT2D eigenvalue weighted by Gasteiger charge is -2.24. The first kappa shape index (κ1) is 20.0. The summed E-state index contributed by atoms with van der Waals surface area (Å²) >= 11 is 0. The van der Waals surface area contributed by atoms with Crippen LogP contribution in [0.5, 0.6) is 5.75 Å². The average molecular weight is 430 g/mol. The molecule has 30 heavy (non-hydrogen) atoms. The maximum Gasteiger partial charge on any atom is 0.162 e. The molecule has 11 heteroatoms. The molecule has 0 bridgehead atoms. The Morgan fingerprint density at radius 1 is 1.23 bits per heavy atom. The smallest absolute Gasteiger partial charge is 0.162 e. The molecule has 3 N–H and O–H groups in total. The minimum Gasteiger partial charge on any atom is -0.495 e. The van der Waals surface area contributed by atoms with Gasteiger partial charge in [0.2, 0.25) is 0 Å². The van der Waals surface area contributed by atoms with Crippen molar-refractivity contribution in [2.45, 2.75) is 18.2 Å². The van der Waals surface area contributed by atoms with E-state index in [1.165, 1.54) is 13.0 Å². The molecule has 0 saturated heterocycles. The number of sulfone groups is 1. The summed E-state index contributed by atoms with van der Waals surface area (Å²) in [6.07, 6.45) is 4.16. The van der Waals surface area contributed by atoms with Gasteiger partial charge in [0, 0.05) is 17.1 Å². The fraction of sp³-hybridized carbons (Fsp3) is 0.263. The van der Waals surface area contributed by atoms with Gasteiger partial charge in [-0.2, -0.15) is 0 Å². The van der Waals surface area contributed by atoms with E-state index >= 15 is 0 Å². The predicted octanol–water partition coefficient (Wildman–Crippen LogP) is 2.13. The quantitative estimate of drug-likeness (QED) is 0.643. The van der Waals surface area contributed by atoms with E-state index in [1.807, 2.05) is 6.07 Å². The van der Waals surface area contributed by atoms with Crippen molar-refractivity contribution in [3.05, 3.63) is 48.2 Å². The monoisotopic (exact) mass is 430 g/mol.